The molecule has 0 saturated heterocycles. The molecule has 0 spiro atoms. The molecule has 0 aliphatic carbocycles. The van der Waals surface area contributed by atoms with Crippen LogP contribution in [0.25, 0.3) is 10.9 Å². The summed E-state index contributed by atoms with van der Waals surface area (Å²) in [6.45, 7) is 0.558. The van der Waals surface area contributed by atoms with Crippen molar-refractivity contribution in [2.45, 2.75) is 13.1 Å². The third kappa shape index (κ3) is 3.13. The molecule has 118 valence electrons. The molecule has 1 amide bonds. The standard InChI is InChI=1S/C16H17N5O2/c1-19(9-12-7-17-20(2)10-12)16(23)11-21-14-6-4-3-5-13(14)15(22)8-18-21/h3-8,10H,9,11H2,1-2H3. The third-order valence-corrected chi connectivity index (χ3v) is 3.65. The van der Waals surface area contributed by atoms with Gasteiger partial charge in [-0.05, 0) is 12.1 Å². The predicted molar refractivity (Wildman–Crippen MR) is 85.7 cm³/mol. The van der Waals surface area contributed by atoms with Crippen molar-refractivity contribution in [1.82, 2.24) is 24.5 Å². The molecular weight excluding hydrogens is 294 g/mol. The maximum absolute atomic E-state index is 12.4. The Morgan fingerprint density at radius 1 is 1.22 bits per heavy atom. The van der Waals surface area contributed by atoms with Crippen molar-refractivity contribution in [1.29, 1.82) is 0 Å². The largest absolute Gasteiger partial charge is 0.340 e. The van der Waals surface area contributed by atoms with Gasteiger partial charge in [-0.15, -0.1) is 0 Å². The Labute approximate surface area is 132 Å². The first-order chi connectivity index (χ1) is 11.0. The number of hydrogen-bond donors (Lipinski definition) is 0. The van der Waals surface area contributed by atoms with E-state index in [9.17, 15) is 9.59 Å². The Hall–Kier alpha value is -2.96. The van der Waals surface area contributed by atoms with E-state index in [2.05, 4.69) is 10.2 Å². The number of benzene rings is 1. The highest BCUT2D eigenvalue weighted by atomic mass is 16.2. The van der Waals surface area contributed by atoms with Gasteiger partial charge in [-0.3, -0.25) is 19.0 Å². The summed E-state index contributed by atoms with van der Waals surface area (Å²) in [7, 11) is 3.57. The van der Waals surface area contributed by atoms with E-state index < -0.39 is 0 Å². The molecule has 3 rings (SSSR count). The second kappa shape index (κ2) is 6.04. The van der Waals surface area contributed by atoms with E-state index in [0.717, 1.165) is 5.56 Å². The van der Waals surface area contributed by atoms with Crippen LogP contribution in [0.3, 0.4) is 0 Å². The van der Waals surface area contributed by atoms with Crippen LogP contribution in [0.5, 0.6) is 0 Å². The normalized spacial score (nSPS) is 10.9. The number of aryl methyl sites for hydroxylation is 1. The fourth-order valence-corrected chi connectivity index (χ4v) is 2.45. The van der Waals surface area contributed by atoms with Gasteiger partial charge < -0.3 is 4.90 Å². The van der Waals surface area contributed by atoms with Crippen LogP contribution < -0.4 is 5.43 Å². The maximum Gasteiger partial charge on any atom is 0.244 e. The molecule has 0 aliphatic heterocycles. The van der Waals surface area contributed by atoms with Crippen LogP contribution in [0.1, 0.15) is 5.56 Å². The van der Waals surface area contributed by atoms with Crippen LogP contribution in [0, 0.1) is 0 Å². The number of para-hydroxylation sites is 1. The number of aromatic nitrogens is 4. The van der Waals surface area contributed by atoms with Crippen molar-refractivity contribution < 1.29 is 4.79 Å². The van der Waals surface area contributed by atoms with Crippen molar-refractivity contribution in [3.8, 4) is 0 Å². The molecule has 0 fully saturated rings. The molecule has 0 unspecified atom stereocenters. The summed E-state index contributed by atoms with van der Waals surface area (Å²) in [6.07, 6.45) is 4.85. The summed E-state index contributed by atoms with van der Waals surface area (Å²) in [5.74, 6) is -0.0878. The smallest absolute Gasteiger partial charge is 0.244 e. The SMILES string of the molecule is CN(Cc1cnn(C)c1)C(=O)Cn1ncc(=O)c2ccccc21. The zero-order valence-electron chi connectivity index (χ0n) is 13.0. The van der Waals surface area contributed by atoms with Gasteiger partial charge in [-0.2, -0.15) is 10.2 Å². The summed E-state index contributed by atoms with van der Waals surface area (Å²) in [5.41, 5.74) is 1.47. The Morgan fingerprint density at radius 2 is 2.00 bits per heavy atom. The Balaban J connectivity index is 1.80. The van der Waals surface area contributed by atoms with E-state index in [0.29, 0.717) is 17.4 Å². The predicted octanol–water partition coefficient (Wildman–Crippen LogP) is 0.789. The average molecular weight is 311 g/mol. The Bertz CT molecular complexity index is 912. The van der Waals surface area contributed by atoms with E-state index in [-0.39, 0.29) is 17.9 Å². The highest BCUT2D eigenvalue weighted by molar-refractivity contribution is 5.81. The third-order valence-electron chi connectivity index (χ3n) is 3.65. The van der Waals surface area contributed by atoms with Crippen molar-refractivity contribution >= 4 is 16.8 Å². The van der Waals surface area contributed by atoms with Crippen LogP contribution in [0.15, 0.2) is 47.7 Å². The second-order valence-corrected chi connectivity index (χ2v) is 5.46. The van der Waals surface area contributed by atoms with Crippen molar-refractivity contribution in [2.75, 3.05) is 7.05 Å². The lowest BCUT2D eigenvalue weighted by Gasteiger charge is -2.17. The van der Waals surface area contributed by atoms with Crippen molar-refractivity contribution in [3.63, 3.8) is 0 Å². The van der Waals surface area contributed by atoms with Crippen LogP contribution in [-0.4, -0.2) is 37.4 Å². The van der Waals surface area contributed by atoms with E-state index in [1.54, 1.807) is 45.7 Å². The number of rotatable bonds is 4. The highest BCUT2D eigenvalue weighted by Gasteiger charge is 2.13. The molecular formula is C16H17N5O2. The first-order valence-electron chi connectivity index (χ1n) is 7.21. The van der Waals surface area contributed by atoms with E-state index in [1.165, 1.54) is 6.20 Å². The molecule has 2 aromatic heterocycles. The molecule has 7 heteroatoms. The molecule has 0 radical (unpaired) electrons. The summed E-state index contributed by atoms with van der Waals surface area (Å²) >= 11 is 0. The first kappa shape index (κ1) is 15.0. The van der Waals surface area contributed by atoms with Gasteiger partial charge in [0.15, 0.2) is 0 Å². The number of carbonyl (C=O) groups excluding carboxylic acids is 1. The first-order valence-corrected chi connectivity index (χ1v) is 7.21. The molecule has 0 saturated carbocycles. The topological polar surface area (TPSA) is 73.0 Å². The zero-order chi connectivity index (χ0) is 16.4. The van der Waals surface area contributed by atoms with Gasteiger partial charge in [0.1, 0.15) is 6.54 Å². The van der Waals surface area contributed by atoms with Crippen LogP contribution in [0.2, 0.25) is 0 Å². The number of carbonyl (C=O) groups is 1. The van der Waals surface area contributed by atoms with Gasteiger partial charge in [0.2, 0.25) is 11.3 Å². The van der Waals surface area contributed by atoms with Crippen LogP contribution >= 0.6 is 0 Å². The zero-order valence-corrected chi connectivity index (χ0v) is 13.0. The molecule has 0 N–H and O–H groups in total. The molecule has 0 bridgehead atoms. The van der Waals surface area contributed by atoms with Crippen LogP contribution in [0.4, 0.5) is 0 Å². The molecule has 7 nitrogen and oxygen atoms in total. The minimum atomic E-state index is -0.145. The van der Waals surface area contributed by atoms with Crippen molar-refractivity contribution in [3.05, 3.63) is 58.6 Å². The Morgan fingerprint density at radius 3 is 2.74 bits per heavy atom. The second-order valence-electron chi connectivity index (χ2n) is 5.46. The van der Waals surface area contributed by atoms with Gasteiger partial charge in [0.05, 0.1) is 17.9 Å². The lowest BCUT2D eigenvalue weighted by Crippen LogP contribution is -2.31. The number of hydrogen-bond acceptors (Lipinski definition) is 4. The van der Waals surface area contributed by atoms with Gasteiger partial charge in [-0.25, -0.2) is 0 Å². The minimum absolute atomic E-state index is 0.0809. The molecule has 1 aromatic carbocycles. The minimum Gasteiger partial charge on any atom is -0.340 e. The van der Waals surface area contributed by atoms with E-state index >= 15 is 0 Å². The van der Waals surface area contributed by atoms with Gasteiger partial charge in [0, 0.05) is 37.8 Å². The average Bonchev–Trinajstić information content (AvgIpc) is 2.95. The summed E-state index contributed by atoms with van der Waals surface area (Å²) < 4.78 is 3.25. The van der Waals surface area contributed by atoms with Gasteiger partial charge in [-0.1, -0.05) is 12.1 Å². The Kier molecular flexibility index (Phi) is 3.92. The van der Waals surface area contributed by atoms with Gasteiger partial charge >= 0.3 is 0 Å². The van der Waals surface area contributed by atoms with Crippen LogP contribution in [-0.2, 0) is 24.9 Å². The fourth-order valence-electron chi connectivity index (χ4n) is 2.45. The number of fused-ring (bicyclic) bond motifs is 1. The number of amides is 1. The monoisotopic (exact) mass is 311 g/mol. The molecule has 2 heterocycles. The maximum atomic E-state index is 12.4. The van der Waals surface area contributed by atoms with E-state index in [1.807, 2.05) is 19.3 Å². The summed E-state index contributed by atoms with van der Waals surface area (Å²) in [5, 5.41) is 8.73. The number of nitrogens with zero attached hydrogens (tertiary/aromatic N) is 5. The molecule has 0 aliphatic rings. The molecule has 23 heavy (non-hydrogen) atoms. The lowest BCUT2D eigenvalue weighted by atomic mass is 10.2. The highest BCUT2D eigenvalue weighted by Crippen LogP contribution is 2.09. The lowest BCUT2D eigenvalue weighted by molar-refractivity contribution is -0.131. The quantitative estimate of drug-likeness (QED) is 0.714. The molecule has 3 aromatic rings. The van der Waals surface area contributed by atoms with E-state index in [4.69, 9.17) is 0 Å². The summed E-state index contributed by atoms with van der Waals surface area (Å²) in [6, 6.07) is 7.14. The number of likely N-dealkylation sites (N-methyl/N-ethyl adjacent to an activating group) is 1. The summed E-state index contributed by atoms with van der Waals surface area (Å²) in [4.78, 5) is 25.8. The van der Waals surface area contributed by atoms with Crippen molar-refractivity contribution in [2.24, 2.45) is 7.05 Å². The van der Waals surface area contributed by atoms with Gasteiger partial charge in [0.25, 0.3) is 0 Å². The molecule has 0 atom stereocenters. The fraction of sp³-hybridized carbons (Fsp3) is 0.250.